The fourth-order valence-electron chi connectivity index (χ4n) is 3.17. The van der Waals surface area contributed by atoms with Crippen LogP contribution in [0.25, 0.3) is 0 Å². The van der Waals surface area contributed by atoms with Crippen LogP contribution in [0.3, 0.4) is 0 Å². The van der Waals surface area contributed by atoms with E-state index in [1.54, 1.807) is 47.4 Å². The predicted molar refractivity (Wildman–Crippen MR) is 105 cm³/mol. The van der Waals surface area contributed by atoms with Crippen molar-refractivity contribution >= 4 is 23.2 Å². The third kappa shape index (κ3) is 4.17. The number of nitrogens with zero attached hydrogens (tertiary/aromatic N) is 2. The van der Waals surface area contributed by atoms with Crippen molar-refractivity contribution in [3.63, 3.8) is 0 Å². The van der Waals surface area contributed by atoms with Crippen LogP contribution < -0.4 is 10.2 Å². The highest BCUT2D eigenvalue weighted by molar-refractivity contribution is 6.07. The lowest BCUT2D eigenvalue weighted by Crippen LogP contribution is -2.37. The van der Waals surface area contributed by atoms with E-state index in [-0.39, 0.29) is 23.8 Å². The van der Waals surface area contributed by atoms with Gasteiger partial charge >= 0.3 is 0 Å². The lowest BCUT2D eigenvalue weighted by atomic mass is 10.1. The minimum Gasteiger partial charge on any atom is -0.326 e. The number of nitriles is 1. The van der Waals surface area contributed by atoms with Crippen LogP contribution in [0.1, 0.15) is 43.1 Å². The monoisotopic (exact) mass is 361 g/mol. The second kappa shape index (κ2) is 7.63. The molecule has 2 atom stereocenters. The molecule has 138 valence electrons. The van der Waals surface area contributed by atoms with Gasteiger partial charge in [-0.3, -0.25) is 9.59 Å². The maximum absolute atomic E-state index is 13.2. The zero-order chi connectivity index (χ0) is 19.6. The highest BCUT2D eigenvalue weighted by Crippen LogP contribution is 2.38. The van der Waals surface area contributed by atoms with E-state index in [2.05, 4.69) is 18.3 Å². The van der Waals surface area contributed by atoms with Crippen LogP contribution in [0.15, 0.2) is 48.5 Å². The molecule has 1 fully saturated rings. The highest BCUT2D eigenvalue weighted by Gasteiger charge is 2.39. The van der Waals surface area contributed by atoms with Crippen LogP contribution in [-0.2, 0) is 4.79 Å². The molecule has 5 heteroatoms. The Morgan fingerprint density at radius 1 is 1.19 bits per heavy atom. The van der Waals surface area contributed by atoms with Crippen LogP contribution in [0.4, 0.5) is 11.4 Å². The van der Waals surface area contributed by atoms with Crippen molar-refractivity contribution < 1.29 is 9.59 Å². The molecule has 2 aromatic rings. The summed E-state index contributed by atoms with van der Waals surface area (Å²) in [6.45, 7) is 5.91. The van der Waals surface area contributed by atoms with Gasteiger partial charge in [0.2, 0.25) is 5.91 Å². The minimum atomic E-state index is -0.170. The van der Waals surface area contributed by atoms with Crippen LogP contribution in [0.5, 0.6) is 0 Å². The lowest BCUT2D eigenvalue weighted by Gasteiger charge is -2.27. The molecule has 0 aromatic heterocycles. The number of carbonyl (C=O) groups excluding carboxylic acids is 2. The molecule has 1 aliphatic rings. The quantitative estimate of drug-likeness (QED) is 0.867. The van der Waals surface area contributed by atoms with Crippen LogP contribution >= 0.6 is 0 Å². The van der Waals surface area contributed by atoms with E-state index in [1.165, 1.54) is 0 Å². The third-order valence-electron chi connectivity index (χ3n) is 4.81. The number of benzene rings is 2. The molecule has 0 aliphatic heterocycles. The van der Waals surface area contributed by atoms with Gasteiger partial charge in [0.05, 0.1) is 11.6 Å². The predicted octanol–water partition coefficient (Wildman–Crippen LogP) is 4.21. The summed E-state index contributed by atoms with van der Waals surface area (Å²) in [5.41, 5.74) is 2.30. The van der Waals surface area contributed by atoms with Gasteiger partial charge in [-0.15, -0.1) is 0 Å². The number of hydrogen-bond acceptors (Lipinski definition) is 3. The second-order valence-electron chi connectivity index (χ2n) is 7.32. The number of carbonyl (C=O) groups is 2. The molecule has 0 spiro atoms. The first kappa shape index (κ1) is 18.7. The normalized spacial score (nSPS) is 17.9. The topological polar surface area (TPSA) is 73.2 Å². The Hall–Kier alpha value is -3.13. The van der Waals surface area contributed by atoms with Crippen LogP contribution in [0, 0.1) is 23.2 Å². The van der Waals surface area contributed by atoms with Crippen molar-refractivity contribution in [2.75, 3.05) is 10.2 Å². The number of amides is 2. The van der Waals surface area contributed by atoms with Gasteiger partial charge in [-0.2, -0.15) is 5.26 Å². The molecule has 3 rings (SSSR count). The van der Waals surface area contributed by atoms with Crippen molar-refractivity contribution in [2.45, 2.75) is 33.2 Å². The van der Waals surface area contributed by atoms with E-state index >= 15 is 0 Å². The number of nitrogens with one attached hydrogen (secondary N) is 1. The summed E-state index contributed by atoms with van der Waals surface area (Å²) in [5.74, 6) is 0.342. The van der Waals surface area contributed by atoms with E-state index in [9.17, 15) is 9.59 Å². The molecule has 1 aliphatic carbocycles. The van der Waals surface area contributed by atoms with Gasteiger partial charge in [0.1, 0.15) is 0 Å². The molecule has 1 saturated carbocycles. The van der Waals surface area contributed by atoms with Gasteiger partial charge in [-0.05, 0) is 62.6 Å². The number of rotatable bonds is 5. The molecule has 27 heavy (non-hydrogen) atoms. The lowest BCUT2D eigenvalue weighted by molar-refractivity contribution is -0.117. The van der Waals surface area contributed by atoms with Crippen molar-refractivity contribution in [3.8, 4) is 6.07 Å². The Balaban J connectivity index is 1.85. The summed E-state index contributed by atoms with van der Waals surface area (Å²) < 4.78 is 0. The molecule has 5 nitrogen and oxygen atoms in total. The average molecular weight is 361 g/mol. The Labute approximate surface area is 159 Å². The van der Waals surface area contributed by atoms with E-state index in [0.29, 0.717) is 28.4 Å². The summed E-state index contributed by atoms with van der Waals surface area (Å²) in [6, 6.07) is 16.0. The van der Waals surface area contributed by atoms with Gasteiger partial charge in [0, 0.05) is 28.9 Å². The first-order valence-electron chi connectivity index (χ1n) is 9.15. The van der Waals surface area contributed by atoms with E-state index in [0.717, 1.165) is 6.42 Å². The third-order valence-corrected chi connectivity index (χ3v) is 4.81. The van der Waals surface area contributed by atoms with Crippen LogP contribution in [-0.4, -0.2) is 17.9 Å². The molecule has 0 saturated heterocycles. The molecule has 2 amide bonds. The summed E-state index contributed by atoms with van der Waals surface area (Å²) in [4.78, 5) is 27.0. The molecular formula is C22H23N3O2. The number of hydrogen-bond donors (Lipinski definition) is 1. The number of anilines is 2. The van der Waals surface area contributed by atoms with Gasteiger partial charge in [-0.25, -0.2) is 0 Å². The molecule has 1 N–H and O–H groups in total. The summed E-state index contributed by atoms with van der Waals surface area (Å²) in [6.07, 6.45) is 0.917. The highest BCUT2D eigenvalue weighted by atomic mass is 16.2. The van der Waals surface area contributed by atoms with Crippen molar-refractivity contribution in [2.24, 2.45) is 11.8 Å². The molecule has 0 heterocycles. The maximum Gasteiger partial charge on any atom is 0.258 e. The maximum atomic E-state index is 13.2. The molecular weight excluding hydrogens is 338 g/mol. The molecule has 2 unspecified atom stereocenters. The van der Waals surface area contributed by atoms with Gasteiger partial charge in [0.25, 0.3) is 5.91 Å². The summed E-state index contributed by atoms with van der Waals surface area (Å²) in [7, 11) is 0. The molecule has 0 bridgehead atoms. The minimum absolute atomic E-state index is 0.00883. The van der Waals surface area contributed by atoms with Crippen LogP contribution in [0.2, 0.25) is 0 Å². The smallest absolute Gasteiger partial charge is 0.258 e. The summed E-state index contributed by atoms with van der Waals surface area (Å²) in [5, 5.41) is 12.0. The second-order valence-corrected chi connectivity index (χ2v) is 7.32. The zero-order valence-electron chi connectivity index (χ0n) is 15.8. The fourth-order valence-corrected chi connectivity index (χ4v) is 3.17. The molecule has 0 radical (unpaired) electrons. The van der Waals surface area contributed by atoms with E-state index in [1.807, 2.05) is 19.9 Å². The Bertz CT molecular complexity index is 914. The Morgan fingerprint density at radius 3 is 2.52 bits per heavy atom. The van der Waals surface area contributed by atoms with Gasteiger partial charge in [-0.1, -0.05) is 19.1 Å². The van der Waals surface area contributed by atoms with Gasteiger partial charge in [0.15, 0.2) is 0 Å². The average Bonchev–Trinajstić information content (AvgIpc) is 3.39. The first-order chi connectivity index (χ1) is 12.9. The van der Waals surface area contributed by atoms with E-state index in [4.69, 9.17) is 5.26 Å². The zero-order valence-corrected chi connectivity index (χ0v) is 15.8. The summed E-state index contributed by atoms with van der Waals surface area (Å²) >= 11 is 0. The fraction of sp³-hybridized carbons (Fsp3) is 0.318. The van der Waals surface area contributed by atoms with Crippen molar-refractivity contribution in [1.82, 2.24) is 0 Å². The van der Waals surface area contributed by atoms with Crippen molar-refractivity contribution in [3.05, 3.63) is 59.7 Å². The standard InChI is InChI=1S/C22H23N3O2/c1-14(2)25(19-9-4-6-16(11-19)13-23)22(27)17-7-5-8-18(12-17)24-21(26)20-10-15(20)3/h4-9,11-12,14-15,20H,10H2,1-3H3,(H,24,26). The Kier molecular flexibility index (Phi) is 5.27. The SMILES string of the molecule is CC1CC1C(=O)Nc1cccc(C(=O)N(c2cccc(C#N)c2)C(C)C)c1. The largest absolute Gasteiger partial charge is 0.326 e. The van der Waals surface area contributed by atoms with Gasteiger partial charge < -0.3 is 10.2 Å². The van der Waals surface area contributed by atoms with Crippen molar-refractivity contribution in [1.29, 1.82) is 5.26 Å². The first-order valence-corrected chi connectivity index (χ1v) is 9.15. The molecule has 2 aromatic carbocycles. The Morgan fingerprint density at radius 2 is 1.89 bits per heavy atom. The van der Waals surface area contributed by atoms with E-state index < -0.39 is 0 Å².